The monoisotopic (exact) mass is 394 g/mol. The van der Waals surface area contributed by atoms with Crippen LogP contribution in [-0.2, 0) is 17.7 Å². The molecule has 1 aromatic heterocycles. The van der Waals surface area contributed by atoms with Crippen molar-refractivity contribution in [2.24, 2.45) is 0 Å². The van der Waals surface area contributed by atoms with Crippen molar-refractivity contribution in [3.63, 3.8) is 0 Å². The molecule has 0 fully saturated rings. The van der Waals surface area contributed by atoms with E-state index >= 15 is 0 Å². The van der Waals surface area contributed by atoms with Crippen LogP contribution in [0.3, 0.4) is 0 Å². The number of carbonyl (C=O) groups excluding carboxylic acids is 2. The maximum Gasteiger partial charge on any atom is 0.350 e. The van der Waals surface area contributed by atoms with Gasteiger partial charge in [0.25, 0.3) is 5.91 Å². The Bertz CT molecular complexity index is 981. The molecule has 3 rings (SSSR count). The number of hydrogen-bond acceptors (Lipinski definition) is 5. The summed E-state index contributed by atoms with van der Waals surface area (Å²) in [7, 11) is 1.32. The molecule has 5 nitrogen and oxygen atoms in total. The molecule has 0 atom stereocenters. The number of amides is 1. The molecule has 0 aliphatic carbocycles. The van der Waals surface area contributed by atoms with E-state index < -0.39 is 5.97 Å². The average Bonchev–Trinajstić information content (AvgIpc) is 3.20. The first-order valence-electron chi connectivity index (χ1n) is 9.00. The first-order chi connectivity index (χ1) is 13.6. The maximum atomic E-state index is 12.6. The molecule has 28 heavy (non-hydrogen) atoms. The summed E-state index contributed by atoms with van der Waals surface area (Å²) in [6.07, 6.45) is 0.953. The minimum atomic E-state index is -0.460. The second-order valence-electron chi connectivity index (χ2n) is 6.17. The molecule has 6 heteroatoms. The lowest BCUT2D eigenvalue weighted by molar-refractivity contribution is 0.0607. The van der Waals surface area contributed by atoms with Crippen molar-refractivity contribution in [2.45, 2.75) is 19.9 Å². The van der Waals surface area contributed by atoms with Crippen LogP contribution in [0.25, 0.3) is 0 Å². The third-order valence-corrected chi connectivity index (χ3v) is 5.25. The number of para-hydroxylation sites is 1. The van der Waals surface area contributed by atoms with Crippen LogP contribution in [0, 0.1) is 0 Å². The molecule has 3 aromatic rings. The second kappa shape index (κ2) is 9.19. The highest BCUT2D eigenvalue weighted by Crippen LogP contribution is 2.24. The summed E-state index contributed by atoms with van der Waals surface area (Å²) in [5.74, 6) is -0.725. The summed E-state index contributed by atoms with van der Waals surface area (Å²) in [6, 6.07) is 17.3. The van der Waals surface area contributed by atoms with E-state index in [4.69, 9.17) is 4.74 Å². The normalized spacial score (nSPS) is 10.4. The molecular formula is C22H22N2O3S. The smallest absolute Gasteiger partial charge is 0.350 e. The van der Waals surface area contributed by atoms with Crippen molar-refractivity contribution in [3.8, 4) is 0 Å². The number of esters is 1. The van der Waals surface area contributed by atoms with Crippen molar-refractivity contribution in [1.29, 1.82) is 0 Å². The van der Waals surface area contributed by atoms with Gasteiger partial charge in [-0.3, -0.25) is 4.79 Å². The Balaban J connectivity index is 1.70. The van der Waals surface area contributed by atoms with Crippen molar-refractivity contribution in [2.75, 3.05) is 17.7 Å². The predicted molar refractivity (Wildman–Crippen MR) is 113 cm³/mol. The Hall–Kier alpha value is -3.12. The Morgan fingerprint density at radius 2 is 1.86 bits per heavy atom. The van der Waals surface area contributed by atoms with Gasteiger partial charge >= 0.3 is 5.97 Å². The third-order valence-electron chi connectivity index (χ3n) is 4.35. The van der Waals surface area contributed by atoms with Gasteiger partial charge in [0.1, 0.15) is 4.88 Å². The zero-order valence-corrected chi connectivity index (χ0v) is 16.6. The number of rotatable bonds is 7. The summed E-state index contributed by atoms with van der Waals surface area (Å²) >= 11 is 1.23. The van der Waals surface area contributed by atoms with Crippen molar-refractivity contribution in [3.05, 3.63) is 81.5 Å². The molecule has 144 valence electrons. The molecule has 1 amide bonds. The van der Waals surface area contributed by atoms with Gasteiger partial charge in [-0.2, -0.15) is 0 Å². The Morgan fingerprint density at radius 3 is 2.64 bits per heavy atom. The highest BCUT2D eigenvalue weighted by molar-refractivity contribution is 7.12. The maximum absolute atomic E-state index is 12.6. The zero-order chi connectivity index (χ0) is 19.9. The molecule has 0 aliphatic heterocycles. The van der Waals surface area contributed by atoms with Gasteiger partial charge in [0.05, 0.1) is 12.8 Å². The van der Waals surface area contributed by atoms with E-state index in [0.29, 0.717) is 22.7 Å². The Labute approximate surface area is 168 Å². The molecule has 1 heterocycles. The number of hydrogen-bond donors (Lipinski definition) is 2. The highest BCUT2D eigenvalue weighted by Gasteiger charge is 2.16. The van der Waals surface area contributed by atoms with E-state index in [2.05, 4.69) is 29.7 Å². The van der Waals surface area contributed by atoms with Crippen LogP contribution >= 0.6 is 11.3 Å². The van der Waals surface area contributed by atoms with Gasteiger partial charge in [0.15, 0.2) is 0 Å². The van der Waals surface area contributed by atoms with Gasteiger partial charge in [-0.25, -0.2) is 4.79 Å². The molecule has 0 saturated carbocycles. The van der Waals surface area contributed by atoms with E-state index in [1.807, 2.05) is 30.3 Å². The molecule has 2 N–H and O–H groups in total. The molecular weight excluding hydrogens is 372 g/mol. The van der Waals surface area contributed by atoms with Gasteiger partial charge in [0, 0.05) is 17.8 Å². The van der Waals surface area contributed by atoms with E-state index in [9.17, 15) is 9.59 Å². The van der Waals surface area contributed by atoms with Gasteiger partial charge in [-0.15, -0.1) is 11.3 Å². The number of aryl methyl sites for hydroxylation is 1. The van der Waals surface area contributed by atoms with Crippen LogP contribution in [0.1, 0.15) is 38.1 Å². The molecule has 0 bridgehead atoms. The summed E-state index contributed by atoms with van der Waals surface area (Å²) in [4.78, 5) is 24.8. The number of thiophene rings is 1. The molecule has 0 unspecified atom stereocenters. The average molecular weight is 394 g/mol. The molecule has 0 spiro atoms. The largest absolute Gasteiger partial charge is 0.465 e. The summed E-state index contributed by atoms with van der Waals surface area (Å²) in [6.45, 7) is 2.74. The van der Waals surface area contributed by atoms with E-state index in [1.165, 1.54) is 24.0 Å². The fraction of sp³-hybridized carbons (Fsp3) is 0.182. The lowest BCUT2D eigenvalue weighted by atomic mass is 10.1. The minimum absolute atomic E-state index is 0.264. The topological polar surface area (TPSA) is 67.4 Å². The SMILES string of the molecule is CCc1ccccc1NCc1cccc(C(=O)Nc2ccsc2C(=O)OC)c1. The van der Waals surface area contributed by atoms with Crippen LogP contribution in [0.5, 0.6) is 0 Å². The first kappa shape index (κ1) is 19.6. The first-order valence-corrected chi connectivity index (χ1v) is 9.88. The highest BCUT2D eigenvalue weighted by atomic mass is 32.1. The van der Waals surface area contributed by atoms with E-state index in [1.54, 1.807) is 17.5 Å². The lowest BCUT2D eigenvalue weighted by Gasteiger charge is -2.12. The fourth-order valence-corrected chi connectivity index (χ4v) is 3.64. The van der Waals surface area contributed by atoms with Crippen LogP contribution in [0.2, 0.25) is 0 Å². The van der Waals surface area contributed by atoms with Crippen LogP contribution in [0.15, 0.2) is 60.0 Å². The Morgan fingerprint density at radius 1 is 1.04 bits per heavy atom. The predicted octanol–water partition coefficient (Wildman–Crippen LogP) is 4.96. The third kappa shape index (κ3) is 4.58. The number of anilines is 2. The van der Waals surface area contributed by atoms with E-state index in [-0.39, 0.29) is 5.91 Å². The van der Waals surface area contributed by atoms with Gasteiger partial charge in [-0.1, -0.05) is 37.3 Å². The Kier molecular flexibility index (Phi) is 6.45. The van der Waals surface area contributed by atoms with Crippen LogP contribution < -0.4 is 10.6 Å². The zero-order valence-electron chi connectivity index (χ0n) is 15.8. The van der Waals surface area contributed by atoms with Gasteiger partial charge < -0.3 is 15.4 Å². The number of benzene rings is 2. The van der Waals surface area contributed by atoms with Crippen LogP contribution in [-0.4, -0.2) is 19.0 Å². The molecule has 2 aromatic carbocycles. The van der Waals surface area contributed by atoms with Gasteiger partial charge in [-0.05, 0) is 47.2 Å². The number of carbonyl (C=O) groups is 2. The second-order valence-corrected chi connectivity index (χ2v) is 7.09. The van der Waals surface area contributed by atoms with E-state index in [0.717, 1.165) is 17.7 Å². The summed E-state index contributed by atoms with van der Waals surface area (Å²) in [5.41, 5.74) is 4.34. The minimum Gasteiger partial charge on any atom is -0.465 e. The quantitative estimate of drug-likeness (QED) is 0.556. The number of ether oxygens (including phenoxy) is 1. The van der Waals surface area contributed by atoms with Crippen molar-refractivity contribution >= 4 is 34.6 Å². The molecule has 0 radical (unpaired) electrons. The van der Waals surface area contributed by atoms with Gasteiger partial charge in [0.2, 0.25) is 0 Å². The molecule has 0 aliphatic rings. The lowest BCUT2D eigenvalue weighted by Crippen LogP contribution is -2.14. The molecule has 0 saturated heterocycles. The number of nitrogens with one attached hydrogen (secondary N) is 2. The fourth-order valence-electron chi connectivity index (χ4n) is 2.87. The number of methoxy groups -OCH3 is 1. The standard InChI is InChI=1S/C22H22N2O3S/c1-3-16-8-4-5-10-18(16)23-14-15-7-6-9-17(13-15)21(25)24-19-11-12-28-20(19)22(26)27-2/h4-13,23H,3,14H2,1-2H3,(H,24,25). The summed E-state index contributed by atoms with van der Waals surface area (Å²) in [5, 5.41) is 7.97. The summed E-state index contributed by atoms with van der Waals surface area (Å²) < 4.78 is 4.75. The van der Waals surface area contributed by atoms with Crippen molar-refractivity contribution in [1.82, 2.24) is 0 Å². The van der Waals surface area contributed by atoms with Crippen LogP contribution in [0.4, 0.5) is 11.4 Å². The van der Waals surface area contributed by atoms with Crippen molar-refractivity contribution < 1.29 is 14.3 Å².